The van der Waals surface area contributed by atoms with Crippen LogP contribution in [0.2, 0.25) is 0 Å². The highest BCUT2D eigenvalue weighted by atomic mass is 79.9. The van der Waals surface area contributed by atoms with Crippen LogP contribution in [0.25, 0.3) is 11.6 Å². The standard InChI is InChI=1S/C9H8BrN3O/c1-5-3-4-7(11-6(5)2)8-12-9(10)13-14-8/h3-4H,1-2H3. The maximum atomic E-state index is 4.97. The van der Waals surface area contributed by atoms with Crippen molar-refractivity contribution in [2.45, 2.75) is 13.8 Å². The summed E-state index contributed by atoms with van der Waals surface area (Å²) >= 11 is 3.12. The van der Waals surface area contributed by atoms with Crippen LogP contribution in [0.5, 0.6) is 0 Å². The maximum absolute atomic E-state index is 4.97. The molecular formula is C9H8BrN3O. The minimum Gasteiger partial charge on any atom is -0.331 e. The number of hydrogen-bond donors (Lipinski definition) is 0. The van der Waals surface area contributed by atoms with E-state index in [1.54, 1.807) is 0 Å². The fourth-order valence-electron chi connectivity index (χ4n) is 1.06. The third-order valence-corrected chi connectivity index (χ3v) is 2.29. The number of halogens is 1. The zero-order valence-corrected chi connectivity index (χ0v) is 9.37. The molecule has 2 rings (SSSR count). The van der Waals surface area contributed by atoms with Gasteiger partial charge in [-0.05, 0) is 46.6 Å². The molecule has 0 aliphatic carbocycles. The maximum Gasteiger partial charge on any atom is 0.277 e. The van der Waals surface area contributed by atoms with Gasteiger partial charge in [-0.1, -0.05) is 6.07 Å². The number of aryl methyl sites for hydroxylation is 2. The van der Waals surface area contributed by atoms with Crippen molar-refractivity contribution in [1.82, 2.24) is 15.1 Å². The first-order valence-corrected chi connectivity index (χ1v) is 4.90. The first-order valence-electron chi connectivity index (χ1n) is 4.10. The zero-order valence-electron chi connectivity index (χ0n) is 7.78. The predicted molar refractivity (Wildman–Crippen MR) is 54.7 cm³/mol. The van der Waals surface area contributed by atoms with Gasteiger partial charge in [-0.3, -0.25) is 0 Å². The van der Waals surface area contributed by atoms with E-state index in [1.807, 2.05) is 26.0 Å². The van der Waals surface area contributed by atoms with E-state index in [0.717, 1.165) is 11.3 Å². The first-order chi connectivity index (χ1) is 6.66. The van der Waals surface area contributed by atoms with Crippen molar-refractivity contribution in [1.29, 1.82) is 0 Å². The Kier molecular flexibility index (Phi) is 2.33. The molecule has 0 atom stereocenters. The summed E-state index contributed by atoms with van der Waals surface area (Å²) in [6.45, 7) is 3.96. The van der Waals surface area contributed by atoms with E-state index in [1.165, 1.54) is 0 Å². The summed E-state index contributed by atoms with van der Waals surface area (Å²) in [6, 6.07) is 3.85. The molecule has 0 spiro atoms. The minimum atomic E-state index is 0.431. The SMILES string of the molecule is Cc1ccc(-c2nc(Br)no2)nc1C. The van der Waals surface area contributed by atoms with Gasteiger partial charge in [-0.2, -0.15) is 4.98 Å². The zero-order chi connectivity index (χ0) is 10.1. The van der Waals surface area contributed by atoms with Crippen molar-refractivity contribution in [3.8, 4) is 11.6 Å². The monoisotopic (exact) mass is 253 g/mol. The van der Waals surface area contributed by atoms with Crippen LogP contribution in [0.3, 0.4) is 0 Å². The Hall–Kier alpha value is -1.23. The molecule has 0 saturated carbocycles. The molecule has 0 aromatic carbocycles. The summed E-state index contributed by atoms with van der Waals surface area (Å²) < 4.78 is 5.41. The molecule has 0 amide bonds. The van der Waals surface area contributed by atoms with E-state index in [4.69, 9.17) is 4.52 Å². The summed E-state index contributed by atoms with van der Waals surface area (Å²) in [5, 5.41) is 3.64. The number of nitrogens with zero attached hydrogens (tertiary/aromatic N) is 3. The van der Waals surface area contributed by atoms with Crippen LogP contribution in [0.1, 0.15) is 11.3 Å². The second-order valence-electron chi connectivity index (χ2n) is 2.97. The van der Waals surface area contributed by atoms with Crippen molar-refractivity contribution < 1.29 is 4.52 Å². The molecule has 2 aromatic heterocycles. The quantitative estimate of drug-likeness (QED) is 0.784. The van der Waals surface area contributed by atoms with Crippen LogP contribution in [0, 0.1) is 13.8 Å². The number of hydrogen-bond acceptors (Lipinski definition) is 4. The molecular weight excluding hydrogens is 246 g/mol. The summed E-state index contributed by atoms with van der Waals surface area (Å²) in [7, 11) is 0. The van der Waals surface area contributed by atoms with Gasteiger partial charge in [0.05, 0.1) is 0 Å². The van der Waals surface area contributed by atoms with Crippen molar-refractivity contribution in [2.24, 2.45) is 0 Å². The van der Waals surface area contributed by atoms with Crippen LogP contribution in [0.15, 0.2) is 21.4 Å². The van der Waals surface area contributed by atoms with Gasteiger partial charge in [0.25, 0.3) is 5.89 Å². The van der Waals surface area contributed by atoms with Gasteiger partial charge in [0, 0.05) is 5.69 Å². The molecule has 14 heavy (non-hydrogen) atoms. The third-order valence-electron chi connectivity index (χ3n) is 1.97. The average molecular weight is 254 g/mol. The van der Waals surface area contributed by atoms with Crippen LogP contribution in [-0.2, 0) is 0 Å². The lowest BCUT2D eigenvalue weighted by Gasteiger charge is -1.99. The van der Waals surface area contributed by atoms with Crippen LogP contribution in [-0.4, -0.2) is 15.1 Å². The lowest BCUT2D eigenvalue weighted by Crippen LogP contribution is -1.89. The Morgan fingerprint density at radius 1 is 1.21 bits per heavy atom. The van der Waals surface area contributed by atoms with Gasteiger partial charge in [0.1, 0.15) is 5.69 Å². The highest BCUT2D eigenvalue weighted by Gasteiger charge is 2.08. The predicted octanol–water partition coefficient (Wildman–Crippen LogP) is 2.51. The molecule has 0 aliphatic rings. The first kappa shape index (κ1) is 9.33. The van der Waals surface area contributed by atoms with Gasteiger partial charge >= 0.3 is 0 Å². The Bertz CT molecular complexity index is 467. The van der Waals surface area contributed by atoms with Crippen molar-refractivity contribution in [2.75, 3.05) is 0 Å². The van der Waals surface area contributed by atoms with Gasteiger partial charge in [-0.25, -0.2) is 4.98 Å². The van der Waals surface area contributed by atoms with Crippen LogP contribution in [0.4, 0.5) is 0 Å². The summed E-state index contributed by atoms with van der Waals surface area (Å²) in [6.07, 6.45) is 0. The molecule has 4 nitrogen and oxygen atoms in total. The lowest BCUT2D eigenvalue weighted by molar-refractivity contribution is 0.425. The van der Waals surface area contributed by atoms with Gasteiger partial charge in [0.2, 0.25) is 4.73 Å². The van der Waals surface area contributed by atoms with E-state index in [-0.39, 0.29) is 0 Å². The fourth-order valence-corrected chi connectivity index (χ4v) is 1.29. The molecule has 72 valence electrons. The van der Waals surface area contributed by atoms with Crippen molar-refractivity contribution in [3.63, 3.8) is 0 Å². The van der Waals surface area contributed by atoms with E-state index in [9.17, 15) is 0 Å². The van der Waals surface area contributed by atoms with Gasteiger partial charge in [0.15, 0.2) is 0 Å². The Balaban J connectivity index is 2.47. The molecule has 0 saturated heterocycles. The van der Waals surface area contributed by atoms with E-state index in [0.29, 0.717) is 16.3 Å². The second-order valence-corrected chi connectivity index (χ2v) is 3.68. The van der Waals surface area contributed by atoms with E-state index in [2.05, 4.69) is 31.1 Å². The van der Waals surface area contributed by atoms with Crippen molar-refractivity contribution >= 4 is 15.9 Å². The largest absolute Gasteiger partial charge is 0.331 e. The fraction of sp³-hybridized carbons (Fsp3) is 0.222. The molecule has 2 aromatic rings. The Morgan fingerprint density at radius 2 is 2.00 bits per heavy atom. The number of pyridine rings is 1. The molecule has 0 aliphatic heterocycles. The topological polar surface area (TPSA) is 51.8 Å². The average Bonchev–Trinajstić information content (AvgIpc) is 2.57. The normalized spacial score (nSPS) is 10.5. The van der Waals surface area contributed by atoms with Gasteiger partial charge < -0.3 is 4.52 Å². The van der Waals surface area contributed by atoms with E-state index < -0.39 is 0 Å². The summed E-state index contributed by atoms with van der Waals surface area (Å²) in [5.41, 5.74) is 2.82. The van der Waals surface area contributed by atoms with E-state index >= 15 is 0 Å². The molecule has 5 heteroatoms. The van der Waals surface area contributed by atoms with Crippen LogP contribution < -0.4 is 0 Å². The van der Waals surface area contributed by atoms with Crippen LogP contribution >= 0.6 is 15.9 Å². The smallest absolute Gasteiger partial charge is 0.277 e. The second kappa shape index (κ2) is 3.49. The summed E-state index contributed by atoms with van der Waals surface area (Å²) in [5.74, 6) is 0.431. The van der Waals surface area contributed by atoms with Crippen molar-refractivity contribution in [3.05, 3.63) is 28.1 Å². The molecule has 0 unspecified atom stereocenters. The third kappa shape index (κ3) is 1.68. The number of aromatic nitrogens is 3. The Labute approximate surface area is 89.5 Å². The molecule has 2 heterocycles. The highest BCUT2D eigenvalue weighted by molar-refractivity contribution is 9.10. The van der Waals surface area contributed by atoms with Gasteiger partial charge in [-0.15, -0.1) is 0 Å². The summed E-state index contributed by atoms with van der Waals surface area (Å²) in [4.78, 5) is 8.37. The molecule has 0 radical (unpaired) electrons. The molecule has 0 bridgehead atoms. The Morgan fingerprint density at radius 3 is 2.57 bits per heavy atom. The molecule has 0 fully saturated rings. The number of rotatable bonds is 1. The lowest BCUT2D eigenvalue weighted by atomic mass is 10.2. The minimum absolute atomic E-state index is 0.431. The molecule has 0 N–H and O–H groups in total. The highest BCUT2D eigenvalue weighted by Crippen LogP contribution is 2.18.